The molecule has 18 aromatic carbocycles. The second-order valence-electron chi connectivity index (χ2n) is 34.5. The standard InChI is InChI=1S/C36H24N2.C24H16BrN.C19H21BO2.C17H12BrN.C13H9Br.C12H9I.CH4.2FH/c1-2-8-24(9-3-1)25-14-18-28(19-15-25)38-35-13-7-5-11-30(35)31-20-16-27(23-36(31)38)26-17-21-34-32(22-26)29-10-4-6-12-33(29)37-34;25-19-12-15-22-21-8-4-5-9-23(21)26(24(22)16-19)20-13-10-18(11-14-20)17-6-2-1-3-7-17;1-18(2)19(3,4)22-20(21-18)15-10-9-14-11-13-7-5-6-8-16(13)17(14)12-15;18-17-12-15(13-7-3-1-4-8-13)11-16(19-17)14-9-5-2-6-10-14;14-11-5-6-13-10(8-11)7-9-3-1-2-4-12(9)13;13-12-8-6-11(7-9-12)10-4-2-1-3-5-10;;;/h1-23,37H;1-16H;5-10,12H,11H2,1-4H3;1-12H;1-6,8H,7H2;1-9H;1H4;2*1H. The quantitative estimate of drug-likeness (QED) is 0.0890. The highest BCUT2D eigenvalue weighted by Crippen LogP contribution is 2.44. The van der Waals surface area contributed by atoms with Crippen LogP contribution in [-0.2, 0) is 22.2 Å². The van der Waals surface area contributed by atoms with E-state index < -0.39 is 0 Å². The molecule has 6 nitrogen and oxygen atoms in total. The molecule has 1 aliphatic heterocycles. The maximum Gasteiger partial charge on any atom is 0.494 e. The molecule has 0 bridgehead atoms. The van der Waals surface area contributed by atoms with Gasteiger partial charge >= 0.3 is 7.12 Å². The van der Waals surface area contributed by atoms with Gasteiger partial charge in [0.05, 0.1) is 39.0 Å². The van der Waals surface area contributed by atoms with Crippen molar-refractivity contribution in [2.75, 3.05) is 0 Å². The van der Waals surface area contributed by atoms with Gasteiger partial charge in [-0.2, -0.15) is 0 Å². The molecule has 0 saturated carbocycles. The lowest BCUT2D eigenvalue weighted by molar-refractivity contribution is 0.00578. The van der Waals surface area contributed by atoms with E-state index in [2.05, 4.69) is 511 Å². The van der Waals surface area contributed by atoms with Gasteiger partial charge < -0.3 is 23.4 Å². The number of rotatable bonds is 9. The van der Waals surface area contributed by atoms with E-state index in [-0.39, 0.29) is 35.2 Å². The van der Waals surface area contributed by atoms with Crippen molar-refractivity contribution in [3.8, 4) is 101 Å². The summed E-state index contributed by atoms with van der Waals surface area (Å²) in [4.78, 5) is 8.09. The molecular weight excluding hydrogens is 1970 g/mol. The van der Waals surface area contributed by atoms with Crippen molar-refractivity contribution < 1.29 is 18.7 Å². The number of nitrogens with one attached hydrogen (secondary N) is 1. The van der Waals surface area contributed by atoms with Crippen LogP contribution in [0.5, 0.6) is 0 Å². The van der Waals surface area contributed by atoms with Crippen molar-refractivity contribution >= 4 is 148 Å². The number of halogens is 6. The van der Waals surface area contributed by atoms with Gasteiger partial charge in [-0.3, -0.25) is 9.41 Å². The van der Waals surface area contributed by atoms with Crippen LogP contribution in [0.25, 0.3) is 166 Å². The normalized spacial score (nSPS) is 12.5. The van der Waals surface area contributed by atoms with E-state index in [9.17, 15) is 0 Å². The molecule has 25 rings (SSSR count). The van der Waals surface area contributed by atoms with Gasteiger partial charge in [0.25, 0.3) is 0 Å². The molecule has 13 heteroatoms. The molecule has 0 unspecified atom stereocenters. The van der Waals surface area contributed by atoms with Crippen LogP contribution in [0.15, 0.2) is 462 Å². The summed E-state index contributed by atoms with van der Waals surface area (Å²) in [6.45, 7) is 8.37. The van der Waals surface area contributed by atoms with Gasteiger partial charge in [0.1, 0.15) is 4.60 Å². The Bertz CT molecular complexity index is 7860. The zero-order chi connectivity index (χ0) is 89.8. The smallest absolute Gasteiger partial charge is 0.399 e. The molecule has 4 aromatic heterocycles. The first-order chi connectivity index (χ1) is 64.5. The van der Waals surface area contributed by atoms with Crippen molar-refractivity contribution in [1.29, 1.82) is 0 Å². The van der Waals surface area contributed by atoms with Gasteiger partial charge in [-0.05, 0) is 294 Å². The molecule has 2 aliphatic carbocycles. The van der Waals surface area contributed by atoms with Crippen molar-refractivity contribution in [3.05, 3.63) is 488 Å². The Balaban J connectivity index is 0.000000116. The lowest BCUT2D eigenvalue weighted by Gasteiger charge is -2.32. The highest BCUT2D eigenvalue weighted by molar-refractivity contribution is 14.1. The van der Waals surface area contributed by atoms with Gasteiger partial charge in [-0.25, -0.2) is 4.98 Å². The summed E-state index contributed by atoms with van der Waals surface area (Å²) < 4.78 is 21.5. The fourth-order valence-corrected chi connectivity index (χ4v) is 19.8. The third-order valence-electron chi connectivity index (χ3n) is 25.6. The highest BCUT2D eigenvalue weighted by Gasteiger charge is 2.52. The molecule has 0 atom stereocenters. The van der Waals surface area contributed by atoms with Gasteiger partial charge in [-0.1, -0.05) is 379 Å². The van der Waals surface area contributed by atoms with E-state index in [0.29, 0.717) is 0 Å². The number of hydrogen-bond acceptors (Lipinski definition) is 3. The Morgan fingerprint density at radius 1 is 0.289 bits per heavy atom. The van der Waals surface area contributed by atoms with Crippen LogP contribution in [0.4, 0.5) is 9.41 Å². The van der Waals surface area contributed by atoms with Crippen LogP contribution >= 0.6 is 70.4 Å². The number of para-hydroxylation sites is 3. The Labute approximate surface area is 826 Å². The number of fused-ring (bicyclic) bond motifs is 15. The average Bonchev–Trinajstić information content (AvgIpc) is 1.60. The number of H-pyrrole nitrogens is 1. The number of hydrogen-bond donors (Lipinski definition) is 1. The minimum Gasteiger partial charge on any atom is -0.399 e. The molecule has 662 valence electrons. The number of nitrogens with zero attached hydrogens (tertiary/aromatic N) is 3. The number of aromatic nitrogens is 4. The second kappa shape index (κ2) is 41.2. The molecule has 0 spiro atoms. The van der Waals surface area contributed by atoms with E-state index in [0.717, 1.165) is 38.6 Å². The molecule has 1 fully saturated rings. The zero-order valence-corrected chi connectivity index (χ0v) is 81.1. The second-order valence-corrected chi connectivity index (χ2v) is 38.4. The third kappa shape index (κ3) is 19.9. The lowest BCUT2D eigenvalue weighted by atomic mass is 9.77. The highest BCUT2D eigenvalue weighted by atomic mass is 127. The van der Waals surface area contributed by atoms with Crippen molar-refractivity contribution in [1.82, 2.24) is 19.1 Å². The van der Waals surface area contributed by atoms with Crippen LogP contribution in [0.1, 0.15) is 57.4 Å². The summed E-state index contributed by atoms with van der Waals surface area (Å²) in [5, 5.41) is 7.62. The summed E-state index contributed by atoms with van der Waals surface area (Å²) in [6.07, 6.45) is 2.10. The van der Waals surface area contributed by atoms with Gasteiger partial charge in [-0.15, -0.1) is 0 Å². The summed E-state index contributed by atoms with van der Waals surface area (Å²) in [6, 6.07) is 159. The first-order valence-electron chi connectivity index (χ1n) is 44.6. The van der Waals surface area contributed by atoms with Crippen LogP contribution in [0.2, 0.25) is 0 Å². The number of aromatic amines is 1. The minimum absolute atomic E-state index is 0. The fraction of sp³-hybridized carbons (Fsp3) is 0.0738. The van der Waals surface area contributed by atoms with Crippen LogP contribution < -0.4 is 5.46 Å². The van der Waals surface area contributed by atoms with Gasteiger partial charge in [0, 0.05) is 72.8 Å². The van der Waals surface area contributed by atoms with E-state index >= 15 is 0 Å². The molecule has 3 aliphatic rings. The number of pyridine rings is 1. The van der Waals surface area contributed by atoms with E-state index in [1.165, 1.54) is 185 Å². The van der Waals surface area contributed by atoms with Crippen LogP contribution in [0, 0.1) is 3.57 Å². The van der Waals surface area contributed by atoms with E-state index in [1.807, 2.05) is 54.6 Å². The SMILES string of the molecule is Brc1cc(-c2ccccc2)cc(-c2ccccc2)n1.Brc1ccc2c(c1)Cc1ccccc1-2.Brc1ccc2c3ccccc3n(-c3ccc(-c4ccccc4)cc3)c2c1.C.CC1(C)OB(c2ccc3c(c2)-c2ccccc2C3)OC1(C)C.F.F.Ic1ccc(-c2ccccc2)cc1.c1ccc(-c2ccc(-n3c4ccccc4c4ccc(-c5ccc6[nH]c7ccccc7c6c5)cc43)cc2)cc1. The van der Waals surface area contributed by atoms with Gasteiger partial charge in [0.2, 0.25) is 0 Å². The summed E-state index contributed by atoms with van der Waals surface area (Å²) in [7, 11) is -0.289. The van der Waals surface area contributed by atoms with Crippen LogP contribution in [-0.4, -0.2) is 37.4 Å². The summed E-state index contributed by atoms with van der Waals surface area (Å²) >= 11 is 12.9. The first-order valence-corrected chi connectivity index (χ1v) is 48.1. The molecular formula is C122H97BBr3F2IN4O2. The van der Waals surface area contributed by atoms with E-state index in [4.69, 9.17) is 9.31 Å². The topological polar surface area (TPSA) is 57.0 Å². The van der Waals surface area contributed by atoms with Crippen molar-refractivity contribution in [2.45, 2.75) is 59.2 Å². The zero-order valence-electron chi connectivity index (χ0n) is 74.2. The third-order valence-corrected chi connectivity index (χ3v) is 27.8. The molecule has 135 heavy (non-hydrogen) atoms. The average molecular weight is 2070 g/mol. The largest absolute Gasteiger partial charge is 0.494 e. The fourth-order valence-electron chi connectivity index (χ4n) is 18.2. The molecule has 0 radical (unpaired) electrons. The Morgan fingerprint density at radius 3 is 1.21 bits per heavy atom. The molecule has 22 aromatic rings. The Kier molecular flexibility index (Phi) is 28.5. The summed E-state index contributed by atoms with van der Waals surface area (Å²) in [5.74, 6) is 0. The Hall–Kier alpha value is -13.5. The summed E-state index contributed by atoms with van der Waals surface area (Å²) in [5.41, 5.74) is 35.6. The Morgan fingerprint density at radius 2 is 0.667 bits per heavy atom. The maximum atomic E-state index is 6.18. The molecule has 1 saturated heterocycles. The van der Waals surface area contributed by atoms with Crippen LogP contribution in [0.3, 0.4) is 0 Å². The molecule has 1 N–H and O–H groups in total. The molecule has 0 amide bonds. The predicted molar refractivity (Wildman–Crippen MR) is 587 cm³/mol. The van der Waals surface area contributed by atoms with Crippen molar-refractivity contribution in [2.24, 2.45) is 0 Å². The molecule has 5 heterocycles. The van der Waals surface area contributed by atoms with Gasteiger partial charge in [0.15, 0.2) is 0 Å². The maximum absolute atomic E-state index is 6.18. The van der Waals surface area contributed by atoms with E-state index in [1.54, 1.807) is 0 Å². The minimum atomic E-state index is -0.297. The number of benzene rings is 18. The lowest BCUT2D eigenvalue weighted by Crippen LogP contribution is -2.41. The predicted octanol–water partition coefficient (Wildman–Crippen LogP) is 34.6. The first kappa shape index (κ1) is 93.3. The monoisotopic (exact) mass is 2060 g/mol. The van der Waals surface area contributed by atoms with Crippen molar-refractivity contribution in [3.63, 3.8) is 0 Å².